The highest BCUT2D eigenvalue weighted by atomic mass is 32.2. The topological polar surface area (TPSA) is 117 Å². The number of carbonyl (C=O) groups is 2. The van der Waals surface area contributed by atoms with Crippen molar-refractivity contribution >= 4 is 49.7 Å². The minimum absolute atomic E-state index is 0.0463. The molecule has 2 amide bonds. The summed E-state index contributed by atoms with van der Waals surface area (Å²) in [6.07, 6.45) is -5.35. The first-order valence-corrected chi connectivity index (χ1v) is 22.7. The Bertz CT molecular complexity index is 2920. The molecule has 8 rings (SSSR count). The predicted octanol–water partition coefficient (Wildman–Crippen LogP) is 8.92. The van der Waals surface area contributed by atoms with Crippen LogP contribution in [-0.2, 0) is 24.9 Å². The lowest BCUT2D eigenvalue weighted by atomic mass is 9.77. The number of anilines is 3. The number of hydrogen-bond acceptors (Lipinski definition) is 8. The number of carbonyl (C=O) groups excluding carboxylic acids is 2. The van der Waals surface area contributed by atoms with Gasteiger partial charge < -0.3 is 19.9 Å². The van der Waals surface area contributed by atoms with Crippen molar-refractivity contribution < 1.29 is 44.7 Å². The summed E-state index contributed by atoms with van der Waals surface area (Å²) >= 11 is 0. The van der Waals surface area contributed by atoms with Gasteiger partial charge in [0, 0.05) is 50.4 Å². The third-order valence-electron chi connectivity index (χ3n) is 11.9. The first kappa shape index (κ1) is 46.6. The molecule has 7 aromatic rings. The highest BCUT2D eigenvalue weighted by molar-refractivity contribution is 7.91. The summed E-state index contributed by atoms with van der Waals surface area (Å²) < 4.78 is 108. The quantitative estimate of drug-likeness (QED) is 0.0901. The van der Waals surface area contributed by atoms with E-state index >= 15 is 0 Å². The van der Waals surface area contributed by atoms with Gasteiger partial charge in [0.2, 0.25) is 9.84 Å². The number of likely N-dealkylation sites (N-methyl/N-ethyl adjacent to an activating group) is 1. The fourth-order valence-corrected chi connectivity index (χ4v) is 10.0. The van der Waals surface area contributed by atoms with Gasteiger partial charge in [-0.15, -0.1) is 0 Å². The van der Waals surface area contributed by atoms with Crippen molar-refractivity contribution in [2.75, 3.05) is 62.1 Å². The van der Waals surface area contributed by atoms with Crippen molar-refractivity contribution in [1.82, 2.24) is 14.7 Å². The predicted molar refractivity (Wildman–Crippen MR) is 245 cm³/mol. The van der Waals surface area contributed by atoms with Crippen molar-refractivity contribution in [3.63, 3.8) is 0 Å². The molecule has 67 heavy (non-hydrogen) atoms. The van der Waals surface area contributed by atoms with Gasteiger partial charge in [-0.25, -0.2) is 21.9 Å². The number of nitrogens with one attached hydrogen (secondary N) is 1. The number of fused-ring (bicyclic) bond motifs is 1. The van der Waals surface area contributed by atoms with Gasteiger partial charge >= 0.3 is 12.1 Å². The fraction of sp³-hybridized carbons (Fsp3) is 0.220. The van der Waals surface area contributed by atoms with E-state index in [1.54, 1.807) is 10.7 Å². The molecule has 1 fully saturated rings. The molecule has 1 aromatic heterocycles. The molecule has 0 unspecified atom stereocenters. The SMILES string of the molecule is COC[C@H](C)N(C(=O)C(F)(F)F)c1cc(N2CCN(C)CC2)ccc1C(=O)Nc1nn(C(c2ccccc2)(c2ccccc2)c2ccccc2)c2ccc(S(=O)(=O)c3cc(F)cc(F)c3)cc12. The smallest absolute Gasteiger partial charge is 0.383 e. The summed E-state index contributed by atoms with van der Waals surface area (Å²) in [5, 5.41) is 7.89. The van der Waals surface area contributed by atoms with Crippen LogP contribution in [-0.4, -0.2) is 94.1 Å². The number of amides is 2. The van der Waals surface area contributed by atoms with Crippen LogP contribution in [0.2, 0.25) is 0 Å². The third-order valence-corrected chi connectivity index (χ3v) is 13.6. The van der Waals surface area contributed by atoms with Crippen molar-refractivity contribution in [2.45, 2.75) is 34.5 Å². The molecule has 346 valence electrons. The summed E-state index contributed by atoms with van der Waals surface area (Å²) in [6, 6.07) is 36.9. The Morgan fingerprint density at radius 1 is 0.746 bits per heavy atom. The summed E-state index contributed by atoms with van der Waals surface area (Å²) in [7, 11) is -1.41. The van der Waals surface area contributed by atoms with Gasteiger partial charge in [-0.3, -0.25) is 14.5 Å². The van der Waals surface area contributed by atoms with E-state index in [4.69, 9.17) is 9.84 Å². The Morgan fingerprint density at radius 3 is 1.82 bits per heavy atom. The molecule has 1 aliphatic rings. The Labute approximate surface area is 383 Å². The molecule has 1 saturated heterocycles. The van der Waals surface area contributed by atoms with Crippen LogP contribution in [0.5, 0.6) is 0 Å². The lowest BCUT2D eigenvalue weighted by Gasteiger charge is -2.37. The zero-order valence-corrected chi connectivity index (χ0v) is 37.4. The number of hydrogen-bond donors (Lipinski definition) is 1. The molecule has 0 saturated carbocycles. The van der Waals surface area contributed by atoms with Gasteiger partial charge in [0.15, 0.2) is 5.82 Å². The van der Waals surface area contributed by atoms with Crippen molar-refractivity contribution in [1.29, 1.82) is 0 Å². The first-order valence-electron chi connectivity index (χ1n) is 21.2. The maximum Gasteiger partial charge on any atom is 0.471 e. The number of alkyl halides is 3. The summed E-state index contributed by atoms with van der Waals surface area (Å²) in [4.78, 5) is 31.9. The molecule has 0 radical (unpaired) electrons. The van der Waals surface area contributed by atoms with Crippen LogP contribution in [0.1, 0.15) is 34.0 Å². The molecular weight excluding hydrogens is 892 g/mol. The fourth-order valence-electron chi connectivity index (χ4n) is 8.68. The van der Waals surface area contributed by atoms with E-state index in [9.17, 15) is 40.0 Å². The van der Waals surface area contributed by atoms with E-state index < -0.39 is 60.8 Å². The van der Waals surface area contributed by atoms with E-state index in [-0.39, 0.29) is 34.6 Å². The van der Waals surface area contributed by atoms with Crippen molar-refractivity contribution in [3.05, 3.63) is 179 Å². The Kier molecular flexibility index (Phi) is 13.0. The van der Waals surface area contributed by atoms with E-state index in [0.717, 1.165) is 0 Å². The number of methoxy groups -OCH3 is 1. The van der Waals surface area contributed by atoms with E-state index in [0.29, 0.717) is 71.7 Å². The second-order valence-electron chi connectivity index (χ2n) is 16.3. The van der Waals surface area contributed by atoms with Crippen molar-refractivity contribution in [2.24, 2.45) is 0 Å². The van der Waals surface area contributed by atoms with Crippen LogP contribution in [0, 0.1) is 11.6 Å². The molecule has 1 N–H and O–H groups in total. The minimum atomic E-state index is -5.35. The highest BCUT2D eigenvalue weighted by Gasteiger charge is 2.46. The summed E-state index contributed by atoms with van der Waals surface area (Å²) in [5.74, 6) is -5.67. The lowest BCUT2D eigenvalue weighted by Crippen LogP contribution is -2.49. The largest absolute Gasteiger partial charge is 0.471 e. The van der Waals surface area contributed by atoms with Gasteiger partial charge in [-0.05, 0) is 79.2 Å². The molecule has 6 aromatic carbocycles. The van der Waals surface area contributed by atoms with Crippen LogP contribution in [0.15, 0.2) is 155 Å². The zero-order chi connectivity index (χ0) is 47.7. The maximum absolute atomic E-state index is 15.0. The molecule has 0 spiro atoms. The third kappa shape index (κ3) is 9.01. The number of ether oxygens (including phenoxy) is 1. The second kappa shape index (κ2) is 18.7. The highest BCUT2D eigenvalue weighted by Crippen LogP contribution is 2.44. The summed E-state index contributed by atoms with van der Waals surface area (Å²) in [5.41, 5.74) is 0.849. The van der Waals surface area contributed by atoms with E-state index in [1.165, 1.54) is 44.4 Å². The number of aromatic nitrogens is 2. The Balaban J connectivity index is 1.38. The van der Waals surface area contributed by atoms with Crippen LogP contribution in [0.25, 0.3) is 10.9 Å². The average Bonchev–Trinajstić information content (AvgIpc) is 3.67. The Hall–Kier alpha value is -6.95. The Morgan fingerprint density at radius 2 is 1.30 bits per heavy atom. The molecule has 0 bridgehead atoms. The molecular formula is C50H45F5N6O5S. The van der Waals surface area contributed by atoms with Gasteiger partial charge in [0.05, 0.1) is 39.2 Å². The van der Waals surface area contributed by atoms with Gasteiger partial charge in [-0.2, -0.15) is 18.3 Å². The van der Waals surface area contributed by atoms with Crippen LogP contribution < -0.4 is 15.1 Å². The van der Waals surface area contributed by atoms with E-state index in [2.05, 4.69) is 10.2 Å². The van der Waals surface area contributed by atoms with Gasteiger partial charge in [-0.1, -0.05) is 91.0 Å². The standard InChI is InChI=1S/C50H45F5N6O5S/c1-33(32-66-3)60(48(63)50(53,54)55)45-30-39(59-25-23-58(2)24-26-59)19-21-42(45)47(62)56-46-43-31-40(67(64,65)41-28-37(51)27-38(52)29-41)20-22-44(43)61(57-46)49(34-13-7-4-8-14-34,35-15-9-5-10-16-35)36-17-11-6-12-18-36/h4-22,27-31,33H,23-26,32H2,1-3H3,(H,56,57,62)/t33-/m0/s1. The minimum Gasteiger partial charge on any atom is -0.383 e. The molecule has 17 heteroatoms. The van der Waals surface area contributed by atoms with E-state index in [1.807, 2.05) is 103 Å². The monoisotopic (exact) mass is 936 g/mol. The molecule has 0 aliphatic carbocycles. The molecule has 2 heterocycles. The van der Waals surface area contributed by atoms with Gasteiger partial charge in [0.25, 0.3) is 5.91 Å². The molecule has 1 aliphatic heterocycles. The van der Waals surface area contributed by atoms with Crippen molar-refractivity contribution in [3.8, 4) is 0 Å². The van der Waals surface area contributed by atoms with Gasteiger partial charge in [0.1, 0.15) is 17.2 Å². The number of piperazine rings is 1. The first-order chi connectivity index (χ1) is 32.0. The number of rotatable bonds is 13. The number of nitrogens with zero attached hydrogens (tertiary/aromatic N) is 5. The lowest BCUT2D eigenvalue weighted by molar-refractivity contribution is -0.171. The normalized spacial score (nSPS) is 14.2. The maximum atomic E-state index is 15.0. The van der Waals surface area contributed by atoms with Crippen LogP contribution >= 0.6 is 0 Å². The van der Waals surface area contributed by atoms with Crippen LogP contribution in [0.4, 0.5) is 39.1 Å². The molecule has 11 nitrogen and oxygen atoms in total. The number of halogens is 5. The second-order valence-corrected chi connectivity index (χ2v) is 18.2. The number of sulfone groups is 1. The molecule has 1 atom stereocenters. The number of benzene rings is 6. The van der Waals surface area contributed by atoms with Crippen LogP contribution in [0.3, 0.4) is 0 Å². The average molecular weight is 937 g/mol. The zero-order valence-electron chi connectivity index (χ0n) is 36.5. The summed E-state index contributed by atoms with van der Waals surface area (Å²) in [6.45, 7) is 3.40.